The number of aromatic amines is 1. The molecule has 1 rings (SSSR count). The highest BCUT2D eigenvalue weighted by atomic mass is 16.2. The summed E-state index contributed by atoms with van der Waals surface area (Å²) >= 11 is 0. The van der Waals surface area contributed by atoms with Crippen molar-refractivity contribution in [2.75, 3.05) is 13.1 Å². The summed E-state index contributed by atoms with van der Waals surface area (Å²) in [7, 11) is 0. The van der Waals surface area contributed by atoms with E-state index in [-0.39, 0.29) is 29.9 Å². The number of pyridine rings is 1. The van der Waals surface area contributed by atoms with E-state index in [4.69, 9.17) is 0 Å². The lowest BCUT2D eigenvalue weighted by Crippen LogP contribution is -2.33. The van der Waals surface area contributed by atoms with Crippen LogP contribution in [0.15, 0.2) is 23.3 Å². The minimum absolute atomic E-state index is 0.0477. The van der Waals surface area contributed by atoms with E-state index >= 15 is 0 Å². The van der Waals surface area contributed by atoms with E-state index in [0.29, 0.717) is 6.54 Å². The van der Waals surface area contributed by atoms with Crippen LogP contribution in [0.2, 0.25) is 0 Å². The van der Waals surface area contributed by atoms with Gasteiger partial charge in [0.05, 0.1) is 0 Å². The summed E-state index contributed by atoms with van der Waals surface area (Å²) in [5.74, 6) is -0.584. The van der Waals surface area contributed by atoms with Crippen LogP contribution < -0.4 is 16.1 Å². The van der Waals surface area contributed by atoms with Crippen LogP contribution in [0.25, 0.3) is 0 Å². The molecular formula is C12H17N3O3. The van der Waals surface area contributed by atoms with Crippen molar-refractivity contribution in [1.82, 2.24) is 15.6 Å². The number of carbonyl (C=O) groups is 2. The molecule has 1 aromatic rings. The second-order valence-electron chi connectivity index (χ2n) is 3.78. The molecule has 6 heteroatoms. The fraction of sp³-hybridized carbons (Fsp3) is 0.417. The number of hydrogen-bond donors (Lipinski definition) is 3. The van der Waals surface area contributed by atoms with Crippen LogP contribution in [-0.4, -0.2) is 29.9 Å². The van der Waals surface area contributed by atoms with E-state index < -0.39 is 5.91 Å². The lowest BCUT2D eigenvalue weighted by molar-refractivity contribution is -0.120. The van der Waals surface area contributed by atoms with Crippen LogP contribution in [0.3, 0.4) is 0 Å². The first-order valence-electron chi connectivity index (χ1n) is 5.87. The predicted octanol–water partition coefficient (Wildman–Crippen LogP) is 0.0210. The minimum Gasteiger partial charge on any atom is -0.367 e. The van der Waals surface area contributed by atoms with Crippen LogP contribution in [0, 0.1) is 0 Å². The Labute approximate surface area is 105 Å². The Kier molecular flexibility index (Phi) is 5.63. The van der Waals surface area contributed by atoms with E-state index in [2.05, 4.69) is 15.6 Å². The van der Waals surface area contributed by atoms with Gasteiger partial charge in [0, 0.05) is 38.0 Å². The van der Waals surface area contributed by atoms with Crippen molar-refractivity contribution in [3.05, 3.63) is 34.2 Å². The maximum atomic E-state index is 11.6. The number of carbonyl (C=O) groups excluding carboxylic acids is 2. The van der Waals surface area contributed by atoms with Crippen molar-refractivity contribution in [3.8, 4) is 0 Å². The van der Waals surface area contributed by atoms with Gasteiger partial charge in [-0.1, -0.05) is 6.92 Å². The van der Waals surface area contributed by atoms with Gasteiger partial charge in [-0.25, -0.2) is 0 Å². The number of rotatable bonds is 6. The van der Waals surface area contributed by atoms with Crippen molar-refractivity contribution in [2.24, 2.45) is 0 Å². The van der Waals surface area contributed by atoms with Crippen molar-refractivity contribution in [3.63, 3.8) is 0 Å². The Bertz CT molecular complexity index is 468. The van der Waals surface area contributed by atoms with Gasteiger partial charge in [-0.2, -0.15) is 0 Å². The molecule has 3 N–H and O–H groups in total. The fourth-order valence-electron chi connectivity index (χ4n) is 1.33. The van der Waals surface area contributed by atoms with Crippen molar-refractivity contribution < 1.29 is 9.59 Å². The zero-order valence-corrected chi connectivity index (χ0v) is 10.3. The molecule has 0 fully saturated rings. The molecule has 0 spiro atoms. The number of nitrogens with one attached hydrogen (secondary N) is 3. The molecule has 0 aliphatic rings. The molecule has 0 aliphatic carbocycles. The molecule has 2 amide bonds. The van der Waals surface area contributed by atoms with Crippen molar-refractivity contribution in [1.29, 1.82) is 0 Å². The molecule has 0 aliphatic heterocycles. The maximum absolute atomic E-state index is 11.6. The largest absolute Gasteiger partial charge is 0.367 e. The van der Waals surface area contributed by atoms with Gasteiger partial charge in [-0.05, 0) is 6.42 Å². The van der Waals surface area contributed by atoms with Gasteiger partial charge in [0.2, 0.25) is 5.91 Å². The van der Waals surface area contributed by atoms with Gasteiger partial charge in [0.1, 0.15) is 5.56 Å². The molecule has 1 aromatic heterocycles. The van der Waals surface area contributed by atoms with Crippen LogP contribution in [0.1, 0.15) is 30.1 Å². The monoisotopic (exact) mass is 251 g/mol. The third kappa shape index (κ3) is 4.40. The maximum Gasteiger partial charge on any atom is 0.256 e. The average molecular weight is 251 g/mol. The van der Waals surface area contributed by atoms with Crippen molar-refractivity contribution >= 4 is 11.8 Å². The van der Waals surface area contributed by atoms with Gasteiger partial charge in [-0.3, -0.25) is 14.4 Å². The molecular weight excluding hydrogens is 234 g/mol. The fourth-order valence-corrected chi connectivity index (χ4v) is 1.33. The number of aromatic nitrogens is 1. The molecule has 0 saturated heterocycles. The second-order valence-corrected chi connectivity index (χ2v) is 3.78. The third-order valence-electron chi connectivity index (χ3n) is 2.28. The summed E-state index contributed by atoms with van der Waals surface area (Å²) in [6.45, 7) is 2.80. The average Bonchev–Trinajstić information content (AvgIpc) is 2.36. The van der Waals surface area contributed by atoms with E-state index in [1.807, 2.05) is 6.92 Å². The highest BCUT2D eigenvalue weighted by Crippen LogP contribution is 1.88. The molecule has 1 heterocycles. The molecule has 0 aromatic carbocycles. The topological polar surface area (TPSA) is 91.1 Å². The Morgan fingerprint density at radius 1 is 1.28 bits per heavy atom. The van der Waals surface area contributed by atoms with Gasteiger partial charge in [0.25, 0.3) is 5.91 Å². The van der Waals surface area contributed by atoms with Gasteiger partial charge < -0.3 is 15.6 Å². The van der Waals surface area contributed by atoms with Gasteiger partial charge in [0.15, 0.2) is 5.43 Å². The molecule has 0 bridgehead atoms. The molecule has 0 unspecified atom stereocenters. The highest BCUT2D eigenvalue weighted by molar-refractivity contribution is 5.93. The number of amides is 2. The summed E-state index contributed by atoms with van der Waals surface area (Å²) in [6.07, 6.45) is 3.88. The van der Waals surface area contributed by atoms with E-state index in [1.54, 1.807) is 0 Å². The Hall–Kier alpha value is -2.11. The number of hydrogen-bond acceptors (Lipinski definition) is 3. The standard InChI is InChI=1S/C12H17N3O3/c1-2-5-14-11(17)4-7-15-12(18)9-8-13-6-3-10(9)16/h3,6,8H,2,4-5,7H2,1H3,(H,13,16)(H,14,17)(H,15,18). The normalized spacial score (nSPS) is 9.83. The molecule has 18 heavy (non-hydrogen) atoms. The molecule has 6 nitrogen and oxygen atoms in total. The lowest BCUT2D eigenvalue weighted by Gasteiger charge is -2.05. The van der Waals surface area contributed by atoms with Gasteiger partial charge in [-0.15, -0.1) is 0 Å². The second kappa shape index (κ2) is 7.26. The summed E-state index contributed by atoms with van der Waals surface area (Å²) in [5.41, 5.74) is -0.298. The molecule has 0 radical (unpaired) electrons. The van der Waals surface area contributed by atoms with Crippen LogP contribution >= 0.6 is 0 Å². The molecule has 98 valence electrons. The zero-order valence-electron chi connectivity index (χ0n) is 10.3. The van der Waals surface area contributed by atoms with Gasteiger partial charge >= 0.3 is 0 Å². The SMILES string of the molecule is CCCNC(=O)CCNC(=O)c1c[nH]ccc1=O. The first-order chi connectivity index (χ1) is 8.65. The summed E-state index contributed by atoms with van der Waals surface area (Å²) in [6, 6.07) is 1.28. The van der Waals surface area contributed by atoms with Crippen molar-refractivity contribution in [2.45, 2.75) is 19.8 Å². The first-order valence-corrected chi connectivity index (χ1v) is 5.87. The zero-order chi connectivity index (χ0) is 13.4. The lowest BCUT2D eigenvalue weighted by atomic mass is 10.2. The first kappa shape index (κ1) is 14.0. The predicted molar refractivity (Wildman–Crippen MR) is 67.3 cm³/mol. The molecule has 0 saturated carbocycles. The highest BCUT2D eigenvalue weighted by Gasteiger charge is 2.09. The summed E-state index contributed by atoms with van der Waals surface area (Å²) in [5, 5.41) is 5.23. The number of H-pyrrole nitrogens is 1. The smallest absolute Gasteiger partial charge is 0.256 e. The molecule has 0 atom stereocenters. The van der Waals surface area contributed by atoms with Crippen LogP contribution in [0.4, 0.5) is 0 Å². The van der Waals surface area contributed by atoms with E-state index in [0.717, 1.165) is 6.42 Å². The Morgan fingerprint density at radius 3 is 2.72 bits per heavy atom. The Morgan fingerprint density at radius 2 is 2.06 bits per heavy atom. The summed E-state index contributed by atoms with van der Waals surface area (Å²) < 4.78 is 0. The quantitative estimate of drug-likeness (QED) is 0.665. The summed E-state index contributed by atoms with van der Waals surface area (Å²) in [4.78, 5) is 36.9. The van der Waals surface area contributed by atoms with Crippen LogP contribution in [-0.2, 0) is 4.79 Å². The third-order valence-corrected chi connectivity index (χ3v) is 2.28. The van der Waals surface area contributed by atoms with E-state index in [1.165, 1.54) is 18.5 Å². The van der Waals surface area contributed by atoms with E-state index in [9.17, 15) is 14.4 Å². The van der Waals surface area contributed by atoms with Crippen LogP contribution in [0.5, 0.6) is 0 Å². The Balaban J connectivity index is 2.36. The minimum atomic E-state index is -0.472.